The highest BCUT2D eigenvalue weighted by Gasteiger charge is 2.23. The second-order valence-corrected chi connectivity index (χ2v) is 12.0. The summed E-state index contributed by atoms with van der Waals surface area (Å²) in [6.07, 6.45) is 6.37. The van der Waals surface area contributed by atoms with E-state index in [2.05, 4.69) is 88.8 Å². The van der Waals surface area contributed by atoms with E-state index < -0.39 is 0 Å². The number of dihydropyridines is 1. The lowest BCUT2D eigenvalue weighted by atomic mass is 10.1. The van der Waals surface area contributed by atoms with E-state index in [1.54, 1.807) is 0 Å². The zero-order valence-corrected chi connectivity index (χ0v) is 24.4. The molecular formula is C38H25N5S. The Labute approximate surface area is 257 Å². The normalized spacial score (nSPS) is 14.8. The molecule has 8 aromatic rings. The van der Waals surface area contributed by atoms with Crippen LogP contribution in [0.2, 0.25) is 0 Å². The van der Waals surface area contributed by atoms with Crippen molar-refractivity contribution in [2.45, 2.75) is 6.04 Å². The molecule has 6 heteroatoms. The fourth-order valence-corrected chi connectivity index (χ4v) is 7.49. The molecule has 0 saturated carbocycles. The van der Waals surface area contributed by atoms with Crippen molar-refractivity contribution in [3.63, 3.8) is 0 Å². The number of fused-ring (bicyclic) bond motifs is 7. The van der Waals surface area contributed by atoms with Gasteiger partial charge in [-0.2, -0.15) is 0 Å². The molecule has 5 nitrogen and oxygen atoms in total. The third-order valence-electron chi connectivity index (χ3n) is 8.28. The summed E-state index contributed by atoms with van der Waals surface area (Å²) in [7, 11) is 0. The largest absolute Gasteiger partial charge is 0.358 e. The van der Waals surface area contributed by atoms with Gasteiger partial charge in [-0.05, 0) is 18.2 Å². The quantitative estimate of drug-likeness (QED) is 0.224. The zero-order chi connectivity index (χ0) is 29.0. The minimum atomic E-state index is -0.249. The molecule has 4 heterocycles. The van der Waals surface area contributed by atoms with Crippen LogP contribution in [0, 0.1) is 0 Å². The van der Waals surface area contributed by atoms with E-state index in [1.165, 1.54) is 36.5 Å². The smallest absolute Gasteiger partial charge is 0.163 e. The molecule has 3 aromatic heterocycles. The molecule has 1 N–H and O–H groups in total. The van der Waals surface area contributed by atoms with Gasteiger partial charge in [0.2, 0.25) is 0 Å². The van der Waals surface area contributed by atoms with Gasteiger partial charge in [-0.15, -0.1) is 11.3 Å². The van der Waals surface area contributed by atoms with Crippen molar-refractivity contribution in [2.75, 3.05) is 0 Å². The van der Waals surface area contributed by atoms with E-state index >= 15 is 0 Å². The summed E-state index contributed by atoms with van der Waals surface area (Å²) in [5, 5.41) is 8.85. The summed E-state index contributed by atoms with van der Waals surface area (Å²) in [6, 6.07) is 41.8. The number of hydrogen-bond acceptors (Lipinski definition) is 5. The van der Waals surface area contributed by atoms with Crippen LogP contribution in [-0.2, 0) is 0 Å². The monoisotopic (exact) mass is 583 g/mol. The van der Waals surface area contributed by atoms with Gasteiger partial charge in [0.1, 0.15) is 11.9 Å². The summed E-state index contributed by atoms with van der Waals surface area (Å²) in [5.41, 5.74) is 4.28. The SMILES string of the molecule is C1=CC(c2nc(-c3ccccc3)nc(-c3ccccc3)n2)NC(n2c3ccccc3c3ccc4c5ccccc5sc4c32)=C1. The number of allylic oxidation sites excluding steroid dienone is 2. The minimum Gasteiger partial charge on any atom is -0.358 e. The van der Waals surface area contributed by atoms with Crippen molar-refractivity contribution >= 4 is 59.1 Å². The summed E-state index contributed by atoms with van der Waals surface area (Å²) in [4.78, 5) is 14.9. The first-order valence-corrected chi connectivity index (χ1v) is 15.5. The number of nitrogens with one attached hydrogen (secondary N) is 1. The third-order valence-corrected chi connectivity index (χ3v) is 9.47. The molecular weight excluding hydrogens is 559 g/mol. The fraction of sp³-hybridized carbons (Fsp3) is 0.0263. The first-order valence-electron chi connectivity index (χ1n) is 14.7. The van der Waals surface area contributed by atoms with Gasteiger partial charge in [0.25, 0.3) is 0 Å². The van der Waals surface area contributed by atoms with Gasteiger partial charge in [-0.25, -0.2) is 15.0 Å². The number of para-hydroxylation sites is 1. The first kappa shape index (κ1) is 25.0. The van der Waals surface area contributed by atoms with Crippen LogP contribution in [-0.4, -0.2) is 19.5 Å². The Balaban J connectivity index is 1.22. The fourth-order valence-electron chi connectivity index (χ4n) is 6.25. The molecule has 9 rings (SSSR count). The van der Waals surface area contributed by atoms with Gasteiger partial charge >= 0.3 is 0 Å². The van der Waals surface area contributed by atoms with Crippen molar-refractivity contribution in [1.82, 2.24) is 24.8 Å². The molecule has 0 radical (unpaired) electrons. The number of thiophene rings is 1. The van der Waals surface area contributed by atoms with Gasteiger partial charge in [-0.3, -0.25) is 4.57 Å². The van der Waals surface area contributed by atoms with Crippen LogP contribution in [0.1, 0.15) is 11.9 Å². The van der Waals surface area contributed by atoms with E-state index in [0.29, 0.717) is 17.5 Å². The van der Waals surface area contributed by atoms with Gasteiger partial charge in [-0.1, -0.05) is 121 Å². The van der Waals surface area contributed by atoms with E-state index in [0.717, 1.165) is 22.5 Å². The second-order valence-electron chi connectivity index (χ2n) is 10.9. The molecule has 0 saturated heterocycles. The number of hydrogen-bond donors (Lipinski definition) is 1. The first-order chi connectivity index (χ1) is 21.8. The molecule has 0 amide bonds. The second kappa shape index (κ2) is 10.0. The van der Waals surface area contributed by atoms with E-state index in [-0.39, 0.29) is 6.04 Å². The van der Waals surface area contributed by atoms with Crippen LogP contribution in [0.25, 0.3) is 70.6 Å². The Morgan fingerprint density at radius 2 is 1.23 bits per heavy atom. The van der Waals surface area contributed by atoms with Crippen molar-refractivity contribution in [3.05, 3.63) is 145 Å². The Morgan fingerprint density at radius 3 is 1.98 bits per heavy atom. The van der Waals surface area contributed by atoms with Crippen molar-refractivity contribution in [3.8, 4) is 22.8 Å². The number of rotatable bonds is 4. The Kier molecular flexibility index (Phi) is 5.67. The third kappa shape index (κ3) is 3.96. The van der Waals surface area contributed by atoms with Crippen LogP contribution in [0.5, 0.6) is 0 Å². The van der Waals surface area contributed by atoms with E-state index in [1.807, 2.05) is 72.0 Å². The Bertz CT molecular complexity index is 2360. The lowest BCUT2D eigenvalue weighted by Gasteiger charge is -2.23. The lowest BCUT2D eigenvalue weighted by Crippen LogP contribution is -2.26. The van der Waals surface area contributed by atoms with Gasteiger partial charge < -0.3 is 5.32 Å². The van der Waals surface area contributed by atoms with Crippen LogP contribution in [0.4, 0.5) is 0 Å². The van der Waals surface area contributed by atoms with Gasteiger partial charge in [0.15, 0.2) is 17.5 Å². The van der Waals surface area contributed by atoms with Crippen LogP contribution in [0.3, 0.4) is 0 Å². The average Bonchev–Trinajstić information content (AvgIpc) is 3.65. The summed E-state index contributed by atoms with van der Waals surface area (Å²) >= 11 is 1.85. The summed E-state index contributed by atoms with van der Waals surface area (Å²) in [5.74, 6) is 2.97. The van der Waals surface area contributed by atoms with Crippen molar-refractivity contribution < 1.29 is 0 Å². The molecule has 0 bridgehead atoms. The number of aromatic nitrogens is 4. The highest BCUT2D eigenvalue weighted by Crippen LogP contribution is 2.43. The molecule has 1 atom stereocenters. The zero-order valence-electron chi connectivity index (χ0n) is 23.6. The molecule has 1 aliphatic heterocycles. The minimum absolute atomic E-state index is 0.249. The molecule has 1 aliphatic rings. The highest BCUT2D eigenvalue weighted by atomic mass is 32.1. The maximum absolute atomic E-state index is 5.00. The Hall–Kier alpha value is -5.59. The molecule has 5 aromatic carbocycles. The van der Waals surface area contributed by atoms with Gasteiger partial charge in [0, 0.05) is 37.4 Å². The molecule has 44 heavy (non-hydrogen) atoms. The predicted octanol–water partition coefficient (Wildman–Crippen LogP) is 9.38. The molecule has 0 fully saturated rings. The molecule has 1 unspecified atom stereocenters. The molecule has 208 valence electrons. The molecule has 0 spiro atoms. The standard InChI is InChI=1S/C38H25N5S/c1-3-12-24(13-4-1)36-40-37(25-14-5-2-6-15-25)42-38(41-36)30-18-11-21-33(39-30)43-31-19-9-7-16-26(31)28-22-23-29-27-17-8-10-20-32(27)44-35(29)34(28)43/h1-23,30,39H. The van der Waals surface area contributed by atoms with Crippen LogP contribution < -0.4 is 5.32 Å². The summed E-state index contributed by atoms with van der Waals surface area (Å²) in [6.45, 7) is 0. The van der Waals surface area contributed by atoms with E-state index in [9.17, 15) is 0 Å². The van der Waals surface area contributed by atoms with Crippen LogP contribution >= 0.6 is 11.3 Å². The average molecular weight is 584 g/mol. The van der Waals surface area contributed by atoms with Crippen molar-refractivity contribution in [2.24, 2.45) is 0 Å². The Morgan fingerprint density at radius 1 is 0.591 bits per heavy atom. The topological polar surface area (TPSA) is 55.6 Å². The van der Waals surface area contributed by atoms with E-state index in [4.69, 9.17) is 15.0 Å². The number of nitrogens with zero attached hydrogens (tertiary/aromatic N) is 4. The van der Waals surface area contributed by atoms with Crippen molar-refractivity contribution in [1.29, 1.82) is 0 Å². The molecule has 0 aliphatic carbocycles. The predicted molar refractivity (Wildman–Crippen MR) is 182 cm³/mol. The maximum Gasteiger partial charge on any atom is 0.163 e. The van der Waals surface area contributed by atoms with Gasteiger partial charge in [0.05, 0.1) is 15.7 Å². The number of benzene rings is 5. The maximum atomic E-state index is 5.00. The van der Waals surface area contributed by atoms with Crippen LogP contribution in [0.15, 0.2) is 140 Å². The highest BCUT2D eigenvalue weighted by molar-refractivity contribution is 7.26. The lowest BCUT2D eigenvalue weighted by molar-refractivity contribution is 0.682. The summed E-state index contributed by atoms with van der Waals surface area (Å²) < 4.78 is 4.95.